The third-order valence-electron chi connectivity index (χ3n) is 4.46. The fraction of sp³-hybridized carbons (Fsp3) is 0.292. The van der Waals surface area contributed by atoms with Crippen LogP contribution in [0.25, 0.3) is 0 Å². The van der Waals surface area contributed by atoms with Crippen molar-refractivity contribution in [1.82, 2.24) is 0 Å². The number of amides is 1. The number of nitrogens with one attached hydrogen (secondary N) is 2. The van der Waals surface area contributed by atoms with Crippen LogP contribution in [0.5, 0.6) is 11.5 Å². The molecule has 0 radical (unpaired) electrons. The Labute approximate surface area is 192 Å². The number of halogens is 1. The van der Waals surface area contributed by atoms with Gasteiger partial charge in [-0.3, -0.25) is 4.79 Å². The van der Waals surface area contributed by atoms with E-state index in [4.69, 9.17) is 21.1 Å². The minimum absolute atomic E-state index is 0.0107. The maximum atomic E-state index is 11.9. The Bertz CT molecular complexity index is 1010. The highest BCUT2D eigenvalue weighted by Crippen LogP contribution is 2.37. The number of ether oxygens (including phenoxy) is 2. The standard InChI is InChI=1S/C24H27ClN2O3S/c1-4-29-22-12-17(11-21(25)23(22)30-15-20-9-6-10-31-20)14-26-18-7-5-8-19(13-18)27-24(28)16(2)3/h5-13,16,26H,4,14-15H2,1-3H3,(H,27,28). The Morgan fingerprint density at radius 3 is 2.61 bits per heavy atom. The van der Waals surface area contributed by atoms with Crippen molar-refractivity contribution >= 4 is 40.2 Å². The molecule has 0 fully saturated rings. The van der Waals surface area contributed by atoms with Crippen LogP contribution in [0.3, 0.4) is 0 Å². The fourth-order valence-electron chi connectivity index (χ4n) is 2.86. The maximum absolute atomic E-state index is 11.9. The zero-order chi connectivity index (χ0) is 22.2. The molecular weight excluding hydrogens is 432 g/mol. The first-order chi connectivity index (χ1) is 15.0. The lowest BCUT2D eigenvalue weighted by Crippen LogP contribution is -2.17. The van der Waals surface area contributed by atoms with E-state index in [1.165, 1.54) is 0 Å². The quantitative estimate of drug-likeness (QED) is 0.360. The Morgan fingerprint density at radius 1 is 1.10 bits per heavy atom. The van der Waals surface area contributed by atoms with Crippen LogP contribution in [0.4, 0.5) is 11.4 Å². The minimum atomic E-state index is -0.0729. The van der Waals surface area contributed by atoms with Gasteiger partial charge in [0.1, 0.15) is 6.61 Å². The molecule has 2 N–H and O–H groups in total. The van der Waals surface area contributed by atoms with E-state index in [1.807, 2.05) is 74.7 Å². The number of thiophene rings is 1. The van der Waals surface area contributed by atoms with Gasteiger partial charge in [0.2, 0.25) is 5.91 Å². The smallest absolute Gasteiger partial charge is 0.226 e. The Morgan fingerprint density at radius 2 is 1.90 bits per heavy atom. The zero-order valence-electron chi connectivity index (χ0n) is 17.9. The molecule has 3 rings (SSSR count). The van der Waals surface area contributed by atoms with E-state index in [0.717, 1.165) is 21.8 Å². The fourth-order valence-corrected chi connectivity index (χ4v) is 3.77. The van der Waals surface area contributed by atoms with Crippen molar-refractivity contribution in [3.05, 3.63) is 69.4 Å². The molecule has 1 aromatic heterocycles. The van der Waals surface area contributed by atoms with Crippen LogP contribution in [-0.4, -0.2) is 12.5 Å². The van der Waals surface area contributed by atoms with Gasteiger partial charge in [0.05, 0.1) is 11.6 Å². The van der Waals surface area contributed by atoms with Crippen molar-refractivity contribution in [3.8, 4) is 11.5 Å². The van der Waals surface area contributed by atoms with Gasteiger partial charge < -0.3 is 20.1 Å². The van der Waals surface area contributed by atoms with Crippen molar-refractivity contribution in [2.45, 2.75) is 33.9 Å². The van der Waals surface area contributed by atoms with E-state index in [1.54, 1.807) is 11.3 Å². The second kappa shape index (κ2) is 11.1. The van der Waals surface area contributed by atoms with Crippen LogP contribution in [0.1, 0.15) is 31.2 Å². The van der Waals surface area contributed by atoms with Gasteiger partial charge in [-0.05, 0) is 54.3 Å². The molecule has 31 heavy (non-hydrogen) atoms. The van der Waals surface area contributed by atoms with E-state index < -0.39 is 0 Å². The topological polar surface area (TPSA) is 59.6 Å². The molecule has 0 saturated heterocycles. The average Bonchev–Trinajstić information content (AvgIpc) is 3.26. The van der Waals surface area contributed by atoms with E-state index >= 15 is 0 Å². The van der Waals surface area contributed by atoms with Crippen molar-refractivity contribution in [2.75, 3.05) is 17.2 Å². The molecule has 2 aromatic carbocycles. The third kappa shape index (κ3) is 6.64. The molecule has 1 amide bonds. The predicted octanol–water partition coefficient (Wildman–Crippen LogP) is 6.59. The highest BCUT2D eigenvalue weighted by atomic mass is 35.5. The first kappa shape index (κ1) is 23.0. The SMILES string of the molecule is CCOc1cc(CNc2cccc(NC(=O)C(C)C)c2)cc(Cl)c1OCc1cccs1. The van der Waals surface area contributed by atoms with E-state index in [0.29, 0.717) is 36.3 Å². The lowest BCUT2D eigenvalue weighted by Gasteiger charge is -2.16. The number of benzene rings is 2. The first-order valence-corrected chi connectivity index (χ1v) is 11.5. The second-order valence-corrected chi connectivity index (χ2v) is 8.72. The first-order valence-electron chi connectivity index (χ1n) is 10.2. The molecule has 7 heteroatoms. The summed E-state index contributed by atoms with van der Waals surface area (Å²) in [5, 5.41) is 8.81. The van der Waals surface area contributed by atoms with Crippen molar-refractivity contribution in [2.24, 2.45) is 5.92 Å². The second-order valence-electron chi connectivity index (χ2n) is 7.28. The van der Waals surface area contributed by atoms with Crippen LogP contribution >= 0.6 is 22.9 Å². The van der Waals surface area contributed by atoms with Crippen molar-refractivity contribution in [1.29, 1.82) is 0 Å². The number of carbonyl (C=O) groups is 1. The summed E-state index contributed by atoms with van der Waals surface area (Å²) in [6, 6.07) is 15.5. The third-order valence-corrected chi connectivity index (χ3v) is 5.59. The number of hydrogen-bond donors (Lipinski definition) is 2. The number of hydrogen-bond acceptors (Lipinski definition) is 5. The average molecular weight is 459 g/mol. The molecule has 1 heterocycles. The molecule has 0 unspecified atom stereocenters. The zero-order valence-corrected chi connectivity index (χ0v) is 19.5. The van der Waals surface area contributed by atoms with Crippen LogP contribution in [0, 0.1) is 5.92 Å². The minimum Gasteiger partial charge on any atom is -0.490 e. The summed E-state index contributed by atoms with van der Waals surface area (Å²) in [5.41, 5.74) is 2.62. The molecule has 0 bridgehead atoms. The number of carbonyl (C=O) groups excluding carboxylic acids is 1. The highest BCUT2D eigenvalue weighted by molar-refractivity contribution is 7.09. The van der Waals surface area contributed by atoms with Crippen LogP contribution < -0.4 is 20.1 Å². The van der Waals surface area contributed by atoms with E-state index in [2.05, 4.69) is 10.6 Å². The van der Waals surface area contributed by atoms with E-state index in [-0.39, 0.29) is 11.8 Å². The van der Waals surface area contributed by atoms with Gasteiger partial charge in [0.15, 0.2) is 11.5 Å². The molecule has 0 saturated carbocycles. The summed E-state index contributed by atoms with van der Waals surface area (Å²) >= 11 is 8.16. The van der Waals surface area contributed by atoms with Crippen molar-refractivity contribution < 1.29 is 14.3 Å². The molecule has 3 aromatic rings. The molecule has 0 spiro atoms. The molecule has 0 aliphatic heterocycles. The van der Waals surface area contributed by atoms with Gasteiger partial charge in [-0.15, -0.1) is 11.3 Å². The van der Waals surface area contributed by atoms with Crippen molar-refractivity contribution in [3.63, 3.8) is 0 Å². The summed E-state index contributed by atoms with van der Waals surface area (Å²) in [4.78, 5) is 13.0. The normalized spacial score (nSPS) is 10.7. The summed E-state index contributed by atoms with van der Waals surface area (Å²) in [6.45, 7) is 7.17. The van der Waals surface area contributed by atoms with Gasteiger partial charge in [-0.2, -0.15) is 0 Å². The monoisotopic (exact) mass is 458 g/mol. The largest absolute Gasteiger partial charge is 0.490 e. The maximum Gasteiger partial charge on any atom is 0.226 e. The Balaban J connectivity index is 1.69. The van der Waals surface area contributed by atoms with Crippen LogP contribution in [0.2, 0.25) is 5.02 Å². The molecular formula is C24H27ClN2O3S. The lowest BCUT2D eigenvalue weighted by atomic mass is 10.1. The van der Waals surface area contributed by atoms with Gasteiger partial charge >= 0.3 is 0 Å². The lowest BCUT2D eigenvalue weighted by molar-refractivity contribution is -0.118. The van der Waals surface area contributed by atoms with Gasteiger partial charge in [-0.1, -0.05) is 37.6 Å². The molecule has 0 aliphatic carbocycles. The highest BCUT2D eigenvalue weighted by Gasteiger charge is 2.14. The summed E-state index contributed by atoms with van der Waals surface area (Å²) in [7, 11) is 0. The number of anilines is 2. The summed E-state index contributed by atoms with van der Waals surface area (Å²) in [6.07, 6.45) is 0. The van der Waals surface area contributed by atoms with Gasteiger partial charge in [0.25, 0.3) is 0 Å². The number of rotatable bonds is 10. The molecule has 5 nitrogen and oxygen atoms in total. The summed E-state index contributed by atoms with van der Waals surface area (Å²) in [5.74, 6) is 1.10. The summed E-state index contributed by atoms with van der Waals surface area (Å²) < 4.78 is 11.7. The van der Waals surface area contributed by atoms with Gasteiger partial charge in [0, 0.05) is 28.7 Å². The molecule has 164 valence electrons. The van der Waals surface area contributed by atoms with Crippen LogP contribution in [-0.2, 0) is 17.9 Å². The Hall–Kier alpha value is -2.70. The molecule has 0 atom stereocenters. The van der Waals surface area contributed by atoms with Crippen LogP contribution in [0.15, 0.2) is 53.9 Å². The predicted molar refractivity (Wildman–Crippen MR) is 129 cm³/mol. The van der Waals surface area contributed by atoms with Gasteiger partial charge in [-0.25, -0.2) is 0 Å². The Kier molecular flexibility index (Phi) is 8.20. The molecule has 0 aliphatic rings. The van der Waals surface area contributed by atoms with E-state index in [9.17, 15) is 4.79 Å².